The molecule has 0 saturated heterocycles. The van der Waals surface area contributed by atoms with Crippen LogP contribution in [0.2, 0.25) is 5.15 Å². The van der Waals surface area contributed by atoms with Gasteiger partial charge in [0.15, 0.2) is 10.2 Å². The molecule has 0 unspecified atom stereocenters. The standard InChI is InChI=1S/C12H12ClN3O3S/c1-2-3-7-10(17)15-20(18,19)12-11(13)14-9-6-4-5-8-16(9)12/h2,4-6,8H,1,3,7H2,(H,15,17). The highest BCUT2D eigenvalue weighted by Gasteiger charge is 2.25. The molecular weight excluding hydrogens is 302 g/mol. The Morgan fingerprint density at radius 1 is 1.50 bits per heavy atom. The van der Waals surface area contributed by atoms with Crippen molar-refractivity contribution in [2.45, 2.75) is 17.9 Å². The van der Waals surface area contributed by atoms with E-state index in [0.717, 1.165) is 0 Å². The third-order valence-corrected chi connectivity index (χ3v) is 4.30. The molecule has 0 radical (unpaired) electrons. The number of halogens is 1. The van der Waals surface area contributed by atoms with E-state index in [1.54, 1.807) is 18.2 Å². The molecule has 2 aromatic heterocycles. The summed E-state index contributed by atoms with van der Waals surface area (Å²) in [5.41, 5.74) is 0.386. The first-order valence-electron chi connectivity index (χ1n) is 5.75. The third kappa shape index (κ3) is 2.83. The van der Waals surface area contributed by atoms with Crippen LogP contribution < -0.4 is 4.72 Å². The van der Waals surface area contributed by atoms with Gasteiger partial charge in [0.05, 0.1) is 0 Å². The molecule has 20 heavy (non-hydrogen) atoms. The van der Waals surface area contributed by atoms with Gasteiger partial charge in [0.2, 0.25) is 5.91 Å². The average molecular weight is 314 g/mol. The van der Waals surface area contributed by atoms with Crippen LogP contribution in [0.25, 0.3) is 5.65 Å². The molecule has 1 amide bonds. The minimum Gasteiger partial charge on any atom is -0.288 e. The van der Waals surface area contributed by atoms with Crippen LogP contribution in [-0.4, -0.2) is 23.7 Å². The molecule has 6 nitrogen and oxygen atoms in total. The summed E-state index contributed by atoms with van der Waals surface area (Å²) in [4.78, 5) is 15.5. The molecule has 0 aromatic carbocycles. The second-order valence-corrected chi connectivity index (χ2v) is 5.95. The molecule has 2 aromatic rings. The van der Waals surface area contributed by atoms with Gasteiger partial charge in [-0.15, -0.1) is 6.58 Å². The van der Waals surface area contributed by atoms with E-state index in [-0.39, 0.29) is 16.6 Å². The zero-order valence-corrected chi connectivity index (χ0v) is 12.0. The fraction of sp³-hybridized carbons (Fsp3) is 0.167. The molecule has 1 N–H and O–H groups in total. The Bertz CT molecular complexity index is 767. The summed E-state index contributed by atoms with van der Waals surface area (Å²) in [6.07, 6.45) is 3.48. The molecule has 2 heterocycles. The lowest BCUT2D eigenvalue weighted by molar-refractivity contribution is -0.119. The van der Waals surface area contributed by atoms with Gasteiger partial charge in [-0.1, -0.05) is 23.7 Å². The fourth-order valence-corrected chi connectivity index (χ4v) is 3.33. The number of rotatable bonds is 5. The largest absolute Gasteiger partial charge is 0.288 e. The number of pyridine rings is 1. The molecule has 0 aliphatic carbocycles. The molecule has 0 aliphatic heterocycles. The predicted octanol–water partition coefficient (Wildman–Crippen LogP) is 1.76. The third-order valence-electron chi connectivity index (χ3n) is 2.52. The van der Waals surface area contributed by atoms with Crippen molar-refractivity contribution in [1.82, 2.24) is 14.1 Å². The maximum absolute atomic E-state index is 12.2. The zero-order valence-electron chi connectivity index (χ0n) is 10.4. The van der Waals surface area contributed by atoms with E-state index in [4.69, 9.17) is 11.6 Å². The zero-order chi connectivity index (χ0) is 14.8. The fourth-order valence-electron chi connectivity index (χ4n) is 1.67. The minimum absolute atomic E-state index is 0.0388. The number of aromatic nitrogens is 2. The Kier molecular flexibility index (Phi) is 4.10. The predicted molar refractivity (Wildman–Crippen MR) is 75.0 cm³/mol. The highest BCUT2D eigenvalue weighted by Crippen LogP contribution is 2.22. The van der Waals surface area contributed by atoms with Crippen molar-refractivity contribution in [3.8, 4) is 0 Å². The Balaban J connectivity index is 2.39. The molecule has 0 fully saturated rings. The number of sulfonamides is 1. The van der Waals surface area contributed by atoms with Crippen molar-refractivity contribution in [1.29, 1.82) is 0 Å². The summed E-state index contributed by atoms with van der Waals surface area (Å²) < 4.78 is 27.7. The SMILES string of the molecule is C=CCCC(=O)NS(=O)(=O)c1c(Cl)nc2ccccn12. The van der Waals surface area contributed by atoms with E-state index < -0.39 is 15.9 Å². The van der Waals surface area contributed by atoms with E-state index >= 15 is 0 Å². The number of nitrogens with zero attached hydrogens (tertiary/aromatic N) is 2. The molecule has 0 spiro atoms. The maximum Gasteiger partial charge on any atom is 0.283 e. The van der Waals surface area contributed by atoms with Crippen molar-refractivity contribution in [2.75, 3.05) is 0 Å². The Labute approximate surface area is 121 Å². The Morgan fingerprint density at radius 2 is 2.25 bits per heavy atom. The van der Waals surface area contributed by atoms with E-state index in [0.29, 0.717) is 12.1 Å². The van der Waals surface area contributed by atoms with Crippen LogP contribution in [0.15, 0.2) is 42.1 Å². The molecular formula is C12H12ClN3O3S. The number of allylic oxidation sites excluding steroid dienone is 1. The van der Waals surface area contributed by atoms with Crippen LogP contribution in [0.4, 0.5) is 0 Å². The quantitative estimate of drug-likeness (QED) is 0.853. The number of carbonyl (C=O) groups is 1. The Hall–Kier alpha value is -1.86. The number of fused-ring (bicyclic) bond motifs is 1. The molecule has 0 bridgehead atoms. The number of amides is 1. The summed E-state index contributed by atoms with van der Waals surface area (Å²) in [7, 11) is -4.07. The summed E-state index contributed by atoms with van der Waals surface area (Å²) in [6.45, 7) is 3.47. The van der Waals surface area contributed by atoms with E-state index in [2.05, 4.69) is 11.6 Å². The first-order chi connectivity index (χ1) is 9.45. The van der Waals surface area contributed by atoms with Crippen molar-refractivity contribution in [3.05, 3.63) is 42.2 Å². The van der Waals surface area contributed by atoms with Crippen LogP contribution in [0.1, 0.15) is 12.8 Å². The van der Waals surface area contributed by atoms with Crippen LogP contribution in [0, 0.1) is 0 Å². The minimum atomic E-state index is -4.07. The second kappa shape index (κ2) is 5.64. The van der Waals surface area contributed by atoms with Gasteiger partial charge in [-0.25, -0.2) is 9.71 Å². The molecule has 106 valence electrons. The first kappa shape index (κ1) is 14.5. The van der Waals surface area contributed by atoms with Crippen molar-refractivity contribution in [3.63, 3.8) is 0 Å². The Morgan fingerprint density at radius 3 is 2.95 bits per heavy atom. The summed E-state index contributed by atoms with van der Waals surface area (Å²) in [6, 6.07) is 4.96. The van der Waals surface area contributed by atoms with Gasteiger partial charge in [-0.2, -0.15) is 8.42 Å². The average Bonchev–Trinajstić information content (AvgIpc) is 2.72. The number of hydrogen-bond acceptors (Lipinski definition) is 4. The van der Waals surface area contributed by atoms with E-state index in [1.165, 1.54) is 16.7 Å². The molecule has 0 atom stereocenters. The van der Waals surface area contributed by atoms with E-state index in [1.807, 2.05) is 4.72 Å². The maximum atomic E-state index is 12.2. The van der Waals surface area contributed by atoms with Gasteiger partial charge >= 0.3 is 0 Å². The van der Waals surface area contributed by atoms with Crippen LogP contribution >= 0.6 is 11.6 Å². The summed E-state index contributed by atoms with van der Waals surface area (Å²) >= 11 is 5.86. The lowest BCUT2D eigenvalue weighted by atomic mass is 10.3. The van der Waals surface area contributed by atoms with Gasteiger partial charge in [-0.05, 0) is 18.6 Å². The number of nitrogens with one attached hydrogen (secondary N) is 1. The topological polar surface area (TPSA) is 80.5 Å². The van der Waals surface area contributed by atoms with Gasteiger partial charge in [0, 0.05) is 12.6 Å². The van der Waals surface area contributed by atoms with Gasteiger partial charge in [0.1, 0.15) is 5.65 Å². The lowest BCUT2D eigenvalue weighted by Crippen LogP contribution is -2.31. The molecule has 0 aliphatic rings. The number of imidazole rings is 1. The van der Waals surface area contributed by atoms with Gasteiger partial charge in [-0.3, -0.25) is 9.20 Å². The number of hydrogen-bond donors (Lipinski definition) is 1. The summed E-state index contributed by atoms with van der Waals surface area (Å²) in [5, 5.41) is -0.429. The normalized spacial score (nSPS) is 11.4. The molecule has 0 saturated carbocycles. The van der Waals surface area contributed by atoms with Crippen molar-refractivity contribution < 1.29 is 13.2 Å². The van der Waals surface area contributed by atoms with Crippen LogP contribution in [0.5, 0.6) is 0 Å². The highest BCUT2D eigenvalue weighted by atomic mass is 35.5. The second-order valence-electron chi connectivity index (χ2n) is 3.99. The van der Waals surface area contributed by atoms with Crippen LogP contribution in [-0.2, 0) is 14.8 Å². The van der Waals surface area contributed by atoms with Crippen molar-refractivity contribution in [2.24, 2.45) is 0 Å². The molecule has 8 heteroatoms. The van der Waals surface area contributed by atoms with E-state index in [9.17, 15) is 13.2 Å². The molecule has 2 rings (SSSR count). The monoisotopic (exact) mass is 313 g/mol. The number of carbonyl (C=O) groups excluding carboxylic acids is 1. The smallest absolute Gasteiger partial charge is 0.283 e. The van der Waals surface area contributed by atoms with Gasteiger partial charge < -0.3 is 0 Å². The van der Waals surface area contributed by atoms with Crippen molar-refractivity contribution >= 4 is 33.2 Å². The highest BCUT2D eigenvalue weighted by molar-refractivity contribution is 7.90. The summed E-state index contributed by atoms with van der Waals surface area (Å²) in [5.74, 6) is -0.619. The van der Waals surface area contributed by atoms with Crippen LogP contribution in [0.3, 0.4) is 0 Å². The van der Waals surface area contributed by atoms with Gasteiger partial charge in [0.25, 0.3) is 10.0 Å². The lowest BCUT2D eigenvalue weighted by Gasteiger charge is -2.06. The first-order valence-corrected chi connectivity index (χ1v) is 7.61.